The number of nitrogen functional groups attached to an aromatic ring is 1. The Balaban J connectivity index is 1.73. The van der Waals surface area contributed by atoms with E-state index in [2.05, 4.69) is 25.3 Å². The summed E-state index contributed by atoms with van der Waals surface area (Å²) < 4.78 is 19.1. The molecular weight excluding hydrogens is 287 g/mol. The molecule has 2 aromatic rings. The molecule has 7 nitrogen and oxygen atoms in total. The van der Waals surface area contributed by atoms with Gasteiger partial charge in [-0.05, 0) is 18.8 Å². The standard InChI is InChI=1S/C14H17FN6O/c15-10-7-18-14(16)21-13(10)11-5-12(20-8-19-11)17-6-9-1-3-22-4-2-9/h5,7-9H,1-4,6H2,(H2,16,18,21)(H,17,19,20). The molecule has 0 unspecified atom stereocenters. The molecule has 0 amide bonds. The van der Waals surface area contributed by atoms with Crippen molar-refractivity contribution >= 4 is 11.8 Å². The fourth-order valence-electron chi connectivity index (χ4n) is 2.34. The van der Waals surface area contributed by atoms with E-state index in [9.17, 15) is 4.39 Å². The Morgan fingerprint density at radius 1 is 1.27 bits per heavy atom. The summed E-state index contributed by atoms with van der Waals surface area (Å²) in [4.78, 5) is 15.7. The normalized spacial score (nSPS) is 15.7. The predicted octanol–water partition coefficient (Wildman–Crippen LogP) is 1.49. The number of nitrogens with zero attached hydrogens (tertiary/aromatic N) is 4. The van der Waals surface area contributed by atoms with Crippen molar-refractivity contribution in [2.75, 3.05) is 30.8 Å². The van der Waals surface area contributed by atoms with E-state index < -0.39 is 5.82 Å². The van der Waals surface area contributed by atoms with Gasteiger partial charge in [-0.2, -0.15) is 0 Å². The Hall–Kier alpha value is -2.35. The molecule has 1 fully saturated rings. The number of ether oxygens (including phenoxy) is 1. The van der Waals surface area contributed by atoms with Crippen molar-refractivity contribution in [1.29, 1.82) is 0 Å². The largest absolute Gasteiger partial charge is 0.381 e. The highest BCUT2D eigenvalue weighted by molar-refractivity contribution is 5.59. The van der Waals surface area contributed by atoms with Crippen molar-refractivity contribution in [3.63, 3.8) is 0 Å². The summed E-state index contributed by atoms with van der Waals surface area (Å²) in [5, 5.41) is 3.25. The van der Waals surface area contributed by atoms with Gasteiger partial charge in [0.1, 0.15) is 17.8 Å². The molecule has 0 bridgehead atoms. The second kappa shape index (κ2) is 6.61. The highest BCUT2D eigenvalue weighted by atomic mass is 19.1. The van der Waals surface area contributed by atoms with Gasteiger partial charge in [0.2, 0.25) is 5.95 Å². The number of halogens is 1. The highest BCUT2D eigenvalue weighted by Crippen LogP contribution is 2.21. The topological polar surface area (TPSA) is 98.8 Å². The van der Waals surface area contributed by atoms with Crippen molar-refractivity contribution in [2.45, 2.75) is 12.8 Å². The third-order valence-electron chi connectivity index (χ3n) is 3.59. The molecule has 22 heavy (non-hydrogen) atoms. The zero-order valence-electron chi connectivity index (χ0n) is 12.0. The Morgan fingerprint density at radius 2 is 2.09 bits per heavy atom. The molecule has 0 atom stereocenters. The molecule has 1 aliphatic rings. The Kier molecular flexibility index (Phi) is 4.38. The molecule has 2 aromatic heterocycles. The van der Waals surface area contributed by atoms with Gasteiger partial charge in [-0.15, -0.1) is 0 Å². The molecule has 0 radical (unpaired) electrons. The SMILES string of the molecule is Nc1ncc(F)c(-c2cc(NCC3CCOCC3)ncn2)n1. The summed E-state index contributed by atoms with van der Waals surface area (Å²) >= 11 is 0. The first-order valence-electron chi connectivity index (χ1n) is 7.14. The average Bonchev–Trinajstić information content (AvgIpc) is 2.56. The number of nitrogens with two attached hydrogens (primary N) is 1. The lowest BCUT2D eigenvalue weighted by molar-refractivity contribution is 0.0699. The van der Waals surface area contributed by atoms with E-state index in [1.54, 1.807) is 6.07 Å². The molecule has 1 saturated heterocycles. The van der Waals surface area contributed by atoms with Crippen LogP contribution in [-0.2, 0) is 4.74 Å². The summed E-state index contributed by atoms with van der Waals surface area (Å²) in [7, 11) is 0. The number of hydrogen-bond donors (Lipinski definition) is 2. The summed E-state index contributed by atoms with van der Waals surface area (Å²) in [5.74, 6) is 0.627. The van der Waals surface area contributed by atoms with Crippen LogP contribution in [0, 0.1) is 11.7 Å². The maximum atomic E-state index is 13.8. The minimum Gasteiger partial charge on any atom is -0.381 e. The molecule has 0 aliphatic carbocycles. The van der Waals surface area contributed by atoms with Crippen molar-refractivity contribution in [3.8, 4) is 11.4 Å². The molecule has 3 N–H and O–H groups in total. The van der Waals surface area contributed by atoms with Gasteiger partial charge >= 0.3 is 0 Å². The van der Waals surface area contributed by atoms with Crippen LogP contribution in [0.15, 0.2) is 18.6 Å². The molecule has 1 aliphatic heterocycles. The second-order valence-corrected chi connectivity index (χ2v) is 5.15. The molecule has 116 valence electrons. The minimum atomic E-state index is -0.566. The van der Waals surface area contributed by atoms with Gasteiger partial charge in [-0.3, -0.25) is 0 Å². The molecule has 0 aromatic carbocycles. The van der Waals surface area contributed by atoms with Crippen molar-refractivity contribution in [2.24, 2.45) is 5.92 Å². The van der Waals surface area contributed by atoms with E-state index in [-0.39, 0.29) is 11.6 Å². The monoisotopic (exact) mass is 304 g/mol. The van der Waals surface area contributed by atoms with Gasteiger partial charge in [-0.25, -0.2) is 24.3 Å². The first-order valence-corrected chi connectivity index (χ1v) is 7.14. The summed E-state index contributed by atoms with van der Waals surface area (Å²) in [6.45, 7) is 2.40. The molecule has 3 rings (SSSR count). The van der Waals surface area contributed by atoms with Crippen LogP contribution in [0.2, 0.25) is 0 Å². The number of anilines is 2. The van der Waals surface area contributed by atoms with E-state index in [1.165, 1.54) is 6.33 Å². The maximum absolute atomic E-state index is 13.8. The Morgan fingerprint density at radius 3 is 2.91 bits per heavy atom. The van der Waals surface area contributed by atoms with Gasteiger partial charge in [0.15, 0.2) is 5.82 Å². The predicted molar refractivity (Wildman–Crippen MR) is 79.5 cm³/mol. The van der Waals surface area contributed by atoms with Gasteiger partial charge in [0, 0.05) is 25.8 Å². The Bertz CT molecular complexity index is 647. The van der Waals surface area contributed by atoms with E-state index in [0.29, 0.717) is 17.4 Å². The second-order valence-electron chi connectivity index (χ2n) is 5.15. The third-order valence-corrected chi connectivity index (χ3v) is 3.59. The molecule has 3 heterocycles. The van der Waals surface area contributed by atoms with Gasteiger partial charge in [-0.1, -0.05) is 0 Å². The maximum Gasteiger partial charge on any atom is 0.220 e. The lowest BCUT2D eigenvalue weighted by Gasteiger charge is -2.22. The fourth-order valence-corrected chi connectivity index (χ4v) is 2.34. The van der Waals surface area contributed by atoms with Crippen LogP contribution in [0.1, 0.15) is 12.8 Å². The number of hydrogen-bond acceptors (Lipinski definition) is 7. The van der Waals surface area contributed by atoms with Crippen molar-refractivity contribution in [3.05, 3.63) is 24.4 Å². The van der Waals surface area contributed by atoms with E-state index in [1.807, 2.05) is 0 Å². The van der Waals surface area contributed by atoms with Crippen LogP contribution in [-0.4, -0.2) is 39.7 Å². The third kappa shape index (κ3) is 3.45. The van der Waals surface area contributed by atoms with Crippen LogP contribution in [0.4, 0.5) is 16.2 Å². The summed E-state index contributed by atoms with van der Waals surface area (Å²) in [6.07, 6.45) is 4.47. The van der Waals surface area contributed by atoms with E-state index in [0.717, 1.165) is 38.8 Å². The van der Waals surface area contributed by atoms with E-state index in [4.69, 9.17) is 10.5 Å². The molecule has 0 spiro atoms. The first-order chi connectivity index (χ1) is 10.7. The van der Waals surface area contributed by atoms with E-state index >= 15 is 0 Å². The summed E-state index contributed by atoms with van der Waals surface area (Å²) in [5.41, 5.74) is 5.94. The van der Waals surface area contributed by atoms with Crippen LogP contribution < -0.4 is 11.1 Å². The zero-order valence-corrected chi connectivity index (χ0v) is 12.0. The van der Waals surface area contributed by atoms with Crippen LogP contribution in [0.3, 0.4) is 0 Å². The van der Waals surface area contributed by atoms with Gasteiger partial charge < -0.3 is 15.8 Å². The van der Waals surface area contributed by atoms with Crippen LogP contribution in [0.5, 0.6) is 0 Å². The smallest absolute Gasteiger partial charge is 0.220 e. The summed E-state index contributed by atoms with van der Waals surface area (Å²) in [6, 6.07) is 1.66. The molecule has 0 saturated carbocycles. The van der Waals surface area contributed by atoms with Crippen LogP contribution in [0.25, 0.3) is 11.4 Å². The van der Waals surface area contributed by atoms with Crippen molar-refractivity contribution < 1.29 is 9.13 Å². The molecule has 8 heteroatoms. The lowest BCUT2D eigenvalue weighted by atomic mass is 10.0. The minimum absolute atomic E-state index is 0.00623. The van der Waals surface area contributed by atoms with Crippen LogP contribution >= 0.6 is 0 Å². The number of nitrogens with one attached hydrogen (secondary N) is 1. The molecular formula is C14H17FN6O. The number of rotatable bonds is 4. The van der Waals surface area contributed by atoms with Gasteiger partial charge in [0.05, 0.1) is 11.9 Å². The fraction of sp³-hybridized carbons (Fsp3) is 0.429. The number of aromatic nitrogens is 4. The lowest BCUT2D eigenvalue weighted by Crippen LogP contribution is -2.22. The highest BCUT2D eigenvalue weighted by Gasteiger charge is 2.14. The zero-order chi connectivity index (χ0) is 15.4. The first kappa shape index (κ1) is 14.6. The Labute approximate surface area is 127 Å². The van der Waals surface area contributed by atoms with Crippen molar-refractivity contribution in [1.82, 2.24) is 19.9 Å². The van der Waals surface area contributed by atoms with Gasteiger partial charge in [0.25, 0.3) is 0 Å². The quantitative estimate of drug-likeness (QED) is 0.883. The average molecular weight is 304 g/mol.